The number of rotatable bonds is 9. The van der Waals surface area contributed by atoms with Gasteiger partial charge in [-0.1, -0.05) is 13.8 Å². The van der Waals surface area contributed by atoms with Gasteiger partial charge in [0.2, 0.25) is 0 Å². The molecule has 3 heteroatoms. The molecule has 0 aromatic rings. The van der Waals surface area contributed by atoms with E-state index in [1.807, 2.05) is 0 Å². The highest BCUT2D eigenvalue weighted by Crippen LogP contribution is 2.17. The molecular weight excluding hydrogens is 200 g/mol. The van der Waals surface area contributed by atoms with Crippen molar-refractivity contribution >= 4 is 0 Å². The summed E-state index contributed by atoms with van der Waals surface area (Å²) < 4.78 is 0. The van der Waals surface area contributed by atoms with E-state index in [9.17, 15) is 0 Å². The van der Waals surface area contributed by atoms with Crippen LogP contribution in [-0.2, 0) is 0 Å². The van der Waals surface area contributed by atoms with Gasteiger partial charge in [0.15, 0.2) is 0 Å². The summed E-state index contributed by atoms with van der Waals surface area (Å²) in [5.74, 6) is 0.723. The van der Waals surface area contributed by atoms with Gasteiger partial charge in [0.1, 0.15) is 0 Å². The van der Waals surface area contributed by atoms with Crippen molar-refractivity contribution in [3.8, 4) is 0 Å². The van der Waals surface area contributed by atoms with E-state index in [2.05, 4.69) is 33.0 Å². The first-order valence-electron chi connectivity index (χ1n) is 6.52. The summed E-state index contributed by atoms with van der Waals surface area (Å²) in [5.41, 5.74) is 5.90. The van der Waals surface area contributed by atoms with Gasteiger partial charge in [0.25, 0.3) is 0 Å². The lowest BCUT2D eigenvalue weighted by molar-refractivity contribution is 0.249. The molecule has 0 aromatic heterocycles. The van der Waals surface area contributed by atoms with Crippen LogP contribution in [0.3, 0.4) is 0 Å². The standard InChI is InChI=1S/C13H30N2O/c1-11(2)7-8-13(4,10-14)15-12(3)6-5-9-16/h11-12,15-16H,5-10,14H2,1-4H3. The molecule has 0 aliphatic rings. The van der Waals surface area contributed by atoms with Crippen LogP contribution in [0.15, 0.2) is 0 Å². The van der Waals surface area contributed by atoms with Crippen molar-refractivity contribution in [2.45, 2.75) is 65.0 Å². The molecule has 0 saturated heterocycles. The number of aliphatic hydroxyl groups is 1. The van der Waals surface area contributed by atoms with Crippen LogP contribution >= 0.6 is 0 Å². The molecule has 0 spiro atoms. The van der Waals surface area contributed by atoms with Crippen molar-refractivity contribution in [2.24, 2.45) is 11.7 Å². The third-order valence-electron chi connectivity index (χ3n) is 3.11. The first kappa shape index (κ1) is 15.9. The molecule has 0 rings (SSSR count). The lowest BCUT2D eigenvalue weighted by atomic mass is 9.91. The second-order valence-corrected chi connectivity index (χ2v) is 5.61. The van der Waals surface area contributed by atoms with Crippen molar-refractivity contribution in [1.82, 2.24) is 5.32 Å². The molecule has 4 N–H and O–H groups in total. The van der Waals surface area contributed by atoms with E-state index < -0.39 is 0 Å². The SMILES string of the molecule is CC(C)CCC(C)(CN)NC(C)CCCO. The van der Waals surface area contributed by atoms with Crippen LogP contribution in [0.2, 0.25) is 0 Å². The highest BCUT2D eigenvalue weighted by molar-refractivity contribution is 4.86. The highest BCUT2D eigenvalue weighted by atomic mass is 16.2. The van der Waals surface area contributed by atoms with Gasteiger partial charge in [-0.3, -0.25) is 0 Å². The maximum Gasteiger partial charge on any atom is 0.0431 e. The third kappa shape index (κ3) is 7.20. The van der Waals surface area contributed by atoms with Crippen LogP contribution < -0.4 is 11.1 Å². The Bertz CT molecular complexity index is 173. The Morgan fingerprint density at radius 1 is 1.25 bits per heavy atom. The molecule has 98 valence electrons. The van der Waals surface area contributed by atoms with Crippen LogP contribution in [0.5, 0.6) is 0 Å². The molecule has 0 radical (unpaired) electrons. The molecule has 0 amide bonds. The molecule has 16 heavy (non-hydrogen) atoms. The van der Waals surface area contributed by atoms with Gasteiger partial charge < -0.3 is 16.2 Å². The topological polar surface area (TPSA) is 58.3 Å². The lowest BCUT2D eigenvalue weighted by Gasteiger charge is -2.33. The monoisotopic (exact) mass is 230 g/mol. The second kappa shape index (κ2) is 8.04. The summed E-state index contributed by atoms with van der Waals surface area (Å²) in [5, 5.41) is 12.4. The van der Waals surface area contributed by atoms with Crippen LogP contribution in [0.4, 0.5) is 0 Å². The Morgan fingerprint density at radius 3 is 2.31 bits per heavy atom. The normalized spacial score (nSPS) is 17.4. The van der Waals surface area contributed by atoms with Crippen LogP contribution in [-0.4, -0.2) is 29.8 Å². The van der Waals surface area contributed by atoms with Gasteiger partial charge in [-0.05, 0) is 45.4 Å². The summed E-state index contributed by atoms with van der Waals surface area (Å²) >= 11 is 0. The molecule has 3 nitrogen and oxygen atoms in total. The minimum absolute atomic E-state index is 0.0408. The number of nitrogens with one attached hydrogen (secondary N) is 1. The fourth-order valence-corrected chi connectivity index (χ4v) is 1.90. The largest absolute Gasteiger partial charge is 0.396 e. The zero-order valence-corrected chi connectivity index (χ0v) is 11.4. The zero-order chi connectivity index (χ0) is 12.6. The van der Waals surface area contributed by atoms with E-state index in [1.54, 1.807) is 0 Å². The van der Waals surface area contributed by atoms with Crippen molar-refractivity contribution < 1.29 is 5.11 Å². The van der Waals surface area contributed by atoms with E-state index in [0.29, 0.717) is 12.6 Å². The summed E-state index contributed by atoms with van der Waals surface area (Å²) in [7, 11) is 0. The van der Waals surface area contributed by atoms with Crippen molar-refractivity contribution in [2.75, 3.05) is 13.2 Å². The first-order chi connectivity index (χ1) is 7.43. The summed E-state index contributed by atoms with van der Waals surface area (Å²) in [6.07, 6.45) is 4.19. The first-order valence-corrected chi connectivity index (χ1v) is 6.52. The van der Waals surface area contributed by atoms with E-state index >= 15 is 0 Å². The van der Waals surface area contributed by atoms with Gasteiger partial charge in [-0.15, -0.1) is 0 Å². The van der Waals surface area contributed by atoms with Crippen molar-refractivity contribution in [3.63, 3.8) is 0 Å². The number of nitrogens with two attached hydrogens (primary N) is 1. The third-order valence-corrected chi connectivity index (χ3v) is 3.11. The van der Waals surface area contributed by atoms with Crippen molar-refractivity contribution in [3.05, 3.63) is 0 Å². The van der Waals surface area contributed by atoms with E-state index in [0.717, 1.165) is 25.2 Å². The quantitative estimate of drug-likeness (QED) is 0.567. The molecule has 0 bridgehead atoms. The van der Waals surface area contributed by atoms with Gasteiger partial charge in [0, 0.05) is 24.7 Å². The van der Waals surface area contributed by atoms with Gasteiger partial charge in [-0.25, -0.2) is 0 Å². The molecule has 0 aliphatic heterocycles. The molecule has 0 saturated carbocycles. The summed E-state index contributed by atoms with van der Waals surface area (Å²) in [6, 6.07) is 0.424. The Hall–Kier alpha value is -0.120. The van der Waals surface area contributed by atoms with E-state index in [-0.39, 0.29) is 12.1 Å². The minimum atomic E-state index is 0.0408. The predicted molar refractivity (Wildman–Crippen MR) is 70.4 cm³/mol. The van der Waals surface area contributed by atoms with E-state index in [4.69, 9.17) is 10.8 Å². The van der Waals surface area contributed by atoms with Crippen molar-refractivity contribution in [1.29, 1.82) is 0 Å². The molecular formula is C13H30N2O. The average Bonchev–Trinajstić information content (AvgIpc) is 2.23. The Kier molecular flexibility index (Phi) is 7.98. The fourth-order valence-electron chi connectivity index (χ4n) is 1.90. The minimum Gasteiger partial charge on any atom is -0.396 e. The second-order valence-electron chi connectivity index (χ2n) is 5.61. The Labute approximate surface area is 101 Å². The molecule has 0 fully saturated rings. The molecule has 0 heterocycles. The zero-order valence-electron chi connectivity index (χ0n) is 11.4. The van der Waals surface area contributed by atoms with E-state index in [1.165, 1.54) is 6.42 Å². The molecule has 2 unspecified atom stereocenters. The maximum atomic E-state index is 8.79. The molecule has 2 atom stereocenters. The number of aliphatic hydroxyl groups excluding tert-OH is 1. The summed E-state index contributed by atoms with van der Waals surface area (Å²) in [6.45, 7) is 9.79. The highest BCUT2D eigenvalue weighted by Gasteiger charge is 2.23. The average molecular weight is 230 g/mol. The van der Waals surface area contributed by atoms with Crippen LogP contribution in [0, 0.1) is 5.92 Å². The summed E-state index contributed by atoms with van der Waals surface area (Å²) in [4.78, 5) is 0. The van der Waals surface area contributed by atoms with Gasteiger partial charge in [-0.2, -0.15) is 0 Å². The predicted octanol–water partition coefficient (Wildman–Crippen LogP) is 1.89. The maximum absolute atomic E-state index is 8.79. The molecule has 0 aromatic carbocycles. The van der Waals surface area contributed by atoms with Crippen LogP contribution in [0.25, 0.3) is 0 Å². The van der Waals surface area contributed by atoms with Crippen LogP contribution in [0.1, 0.15) is 53.4 Å². The Morgan fingerprint density at radius 2 is 1.88 bits per heavy atom. The Balaban J connectivity index is 4.03. The lowest BCUT2D eigenvalue weighted by Crippen LogP contribution is -2.52. The van der Waals surface area contributed by atoms with Gasteiger partial charge in [0.05, 0.1) is 0 Å². The smallest absolute Gasteiger partial charge is 0.0431 e. The number of hydrogen-bond donors (Lipinski definition) is 3. The number of hydrogen-bond acceptors (Lipinski definition) is 3. The molecule has 0 aliphatic carbocycles. The fraction of sp³-hybridized carbons (Fsp3) is 1.00. The van der Waals surface area contributed by atoms with Gasteiger partial charge >= 0.3 is 0 Å².